The number of nitrogens with zero attached hydrogens (tertiary/aromatic N) is 1. The fourth-order valence-corrected chi connectivity index (χ4v) is 5.66. The molecule has 1 aliphatic carbocycles. The number of carbonyl (C=O) groups excluding carboxylic acids is 1. The molecule has 0 bridgehead atoms. The third-order valence-corrected chi connectivity index (χ3v) is 8.09. The normalized spacial score (nSPS) is 20.6. The smallest absolute Gasteiger partial charge is 0.251 e. The van der Waals surface area contributed by atoms with E-state index in [-0.39, 0.29) is 11.8 Å². The summed E-state index contributed by atoms with van der Waals surface area (Å²) in [5.74, 6) is 3.40. The van der Waals surface area contributed by atoms with Crippen LogP contribution < -0.4 is 15.0 Å². The summed E-state index contributed by atoms with van der Waals surface area (Å²) >= 11 is 6.32. The van der Waals surface area contributed by atoms with Crippen LogP contribution in [-0.2, 0) is 6.42 Å². The molecule has 3 unspecified atom stereocenters. The minimum Gasteiger partial charge on any atom is -0.491 e. The van der Waals surface area contributed by atoms with Crippen molar-refractivity contribution in [2.75, 3.05) is 31.6 Å². The molecule has 204 valence electrons. The van der Waals surface area contributed by atoms with Crippen LogP contribution in [0, 0.1) is 17.8 Å². The van der Waals surface area contributed by atoms with Crippen molar-refractivity contribution in [3.8, 4) is 5.75 Å². The Labute approximate surface area is 230 Å². The summed E-state index contributed by atoms with van der Waals surface area (Å²) in [4.78, 5) is 14.7. The molecule has 0 aromatic heterocycles. The number of rotatable bonds is 8. The number of hydrogen-bond donors (Lipinski definition) is 1. The van der Waals surface area contributed by atoms with E-state index in [4.69, 9.17) is 16.3 Å². The Morgan fingerprint density at radius 2 is 1.92 bits per heavy atom. The Morgan fingerprint density at radius 1 is 1.14 bits per heavy atom. The second-order valence-electron chi connectivity index (χ2n) is 11.3. The lowest BCUT2D eigenvalue weighted by Gasteiger charge is -2.39. The summed E-state index contributed by atoms with van der Waals surface area (Å²) in [6, 6.07) is 12.1. The highest BCUT2D eigenvalue weighted by atomic mass is 35.5. The molecule has 37 heavy (non-hydrogen) atoms. The SMILES string of the molecule is CCCC(C)C.CCCc1cc(Cl)ccc1C1COc2ccc(C(=O)NC)cc2N(CC2CCC2C)C1. The van der Waals surface area contributed by atoms with Gasteiger partial charge in [-0.3, -0.25) is 4.79 Å². The van der Waals surface area contributed by atoms with Gasteiger partial charge in [0.1, 0.15) is 5.75 Å². The number of nitrogens with one attached hydrogen (secondary N) is 1. The van der Waals surface area contributed by atoms with Crippen molar-refractivity contribution < 1.29 is 9.53 Å². The number of anilines is 1. The molecule has 1 saturated carbocycles. The van der Waals surface area contributed by atoms with E-state index in [1.54, 1.807) is 7.05 Å². The molecule has 0 saturated heterocycles. The minimum absolute atomic E-state index is 0.0662. The average Bonchev–Trinajstić information content (AvgIpc) is 3.05. The Kier molecular flexibility index (Phi) is 11.2. The van der Waals surface area contributed by atoms with Crippen LogP contribution in [0.3, 0.4) is 0 Å². The Bertz CT molecular complexity index is 1020. The topological polar surface area (TPSA) is 41.6 Å². The third-order valence-electron chi connectivity index (χ3n) is 7.85. The van der Waals surface area contributed by atoms with E-state index >= 15 is 0 Å². The van der Waals surface area contributed by atoms with E-state index in [1.807, 2.05) is 24.3 Å². The quantitative estimate of drug-likeness (QED) is 0.377. The van der Waals surface area contributed by atoms with Gasteiger partial charge >= 0.3 is 0 Å². The van der Waals surface area contributed by atoms with Crippen LogP contribution in [0.4, 0.5) is 5.69 Å². The van der Waals surface area contributed by atoms with Crippen molar-refractivity contribution in [1.82, 2.24) is 5.32 Å². The molecule has 2 aromatic rings. The molecule has 1 N–H and O–H groups in total. The number of amides is 1. The molecule has 1 heterocycles. The van der Waals surface area contributed by atoms with E-state index < -0.39 is 0 Å². The summed E-state index contributed by atoms with van der Waals surface area (Å²) < 4.78 is 6.33. The molecule has 1 amide bonds. The third kappa shape index (κ3) is 7.89. The van der Waals surface area contributed by atoms with Crippen LogP contribution in [0.1, 0.15) is 94.1 Å². The molecule has 1 aliphatic heterocycles. The molecular weight excluding hydrogens is 480 g/mol. The monoisotopic (exact) mass is 526 g/mol. The van der Waals surface area contributed by atoms with Gasteiger partial charge in [0.15, 0.2) is 0 Å². The highest BCUT2D eigenvalue weighted by molar-refractivity contribution is 6.30. The number of ether oxygens (including phenoxy) is 1. The molecule has 3 atom stereocenters. The number of benzene rings is 2. The summed E-state index contributed by atoms with van der Waals surface area (Å²) in [6.07, 6.45) is 7.38. The lowest BCUT2D eigenvalue weighted by atomic mass is 9.74. The standard InChI is InChI=1S/C26H33ClN2O2.C6H14/c1-4-5-18-12-22(27)9-10-23(18)21-15-29(14-20-7-6-17(20)2)24-13-19(26(30)28-3)8-11-25(24)31-16-21;1-4-5-6(2)3/h8-13,17,20-21H,4-7,14-16H2,1-3H3,(H,28,30);6H,4-5H2,1-3H3. The number of carbonyl (C=O) groups is 1. The van der Waals surface area contributed by atoms with Gasteiger partial charge in [-0.1, -0.05) is 78.0 Å². The first kappa shape index (κ1) is 29.4. The highest BCUT2D eigenvalue weighted by Crippen LogP contribution is 2.40. The fourth-order valence-electron chi connectivity index (χ4n) is 5.47. The van der Waals surface area contributed by atoms with Crippen LogP contribution in [-0.4, -0.2) is 32.7 Å². The number of fused-ring (bicyclic) bond motifs is 1. The van der Waals surface area contributed by atoms with E-state index in [9.17, 15) is 4.79 Å². The van der Waals surface area contributed by atoms with Crippen molar-refractivity contribution in [1.29, 1.82) is 0 Å². The van der Waals surface area contributed by atoms with Crippen LogP contribution >= 0.6 is 11.6 Å². The molecule has 0 radical (unpaired) electrons. The van der Waals surface area contributed by atoms with Crippen molar-refractivity contribution in [3.05, 3.63) is 58.1 Å². The first-order valence-corrected chi connectivity index (χ1v) is 14.7. The highest BCUT2D eigenvalue weighted by Gasteiger charge is 2.32. The van der Waals surface area contributed by atoms with Crippen molar-refractivity contribution in [2.24, 2.45) is 17.8 Å². The Hall–Kier alpha value is -2.20. The van der Waals surface area contributed by atoms with Crippen molar-refractivity contribution in [3.63, 3.8) is 0 Å². The zero-order valence-electron chi connectivity index (χ0n) is 23.8. The second-order valence-corrected chi connectivity index (χ2v) is 11.7. The first-order chi connectivity index (χ1) is 17.8. The summed E-state index contributed by atoms with van der Waals surface area (Å²) in [6.45, 7) is 13.8. The summed E-state index contributed by atoms with van der Waals surface area (Å²) in [5.41, 5.74) is 4.36. The molecule has 2 aliphatic rings. The van der Waals surface area contributed by atoms with Crippen LogP contribution in [0.5, 0.6) is 5.75 Å². The Balaban J connectivity index is 0.000000568. The van der Waals surface area contributed by atoms with Crippen LogP contribution in [0.25, 0.3) is 0 Å². The van der Waals surface area contributed by atoms with Crippen LogP contribution in [0.2, 0.25) is 5.02 Å². The average molecular weight is 527 g/mol. The second kappa shape index (κ2) is 14.1. The number of aryl methyl sites for hydroxylation is 1. The van der Waals surface area contributed by atoms with E-state index in [1.165, 1.54) is 36.8 Å². The molecule has 4 nitrogen and oxygen atoms in total. The number of halogens is 1. The van der Waals surface area contributed by atoms with Gasteiger partial charge < -0.3 is 15.0 Å². The van der Waals surface area contributed by atoms with Gasteiger partial charge in [-0.05, 0) is 72.1 Å². The Morgan fingerprint density at radius 3 is 2.49 bits per heavy atom. The largest absolute Gasteiger partial charge is 0.491 e. The lowest BCUT2D eigenvalue weighted by molar-refractivity contribution is 0.0963. The van der Waals surface area contributed by atoms with Crippen molar-refractivity contribution >= 4 is 23.2 Å². The molecule has 4 rings (SSSR count). The molecule has 0 spiro atoms. The number of hydrogen-bond acceptors (Lipinski definition) is 3. The van der Waals surface area contributed by atoms with E-state index in [2.05, 4.69) is 57.0 Å². The maximum Gasteiger partial charge on any atom is 0.251 e. The van der Waals surface area contributed by atoms with E-state index in [0.717, 1.165) is 54.2 Å². The molecular formula is C32H47ClN2O2. The molecule has 1 fully saturated rings. The summed E-state index contributed by atoms with van der Waals surface area (Å²) in [5, 5.41) is 3.53. The predicted octanol–water partition coefficient (Wildman–Crippen LogP) is 8.12. The predicted molar refractivity (Wildman–Crippen MR) is 157 cm³/mol. The van der Waals surface area contributed by atoms with Gasteiger partial charge in [0.05, 0.1) is 12.3 Å². The molecule has 5 heteroatoms. The maximum atomic E-state index is 12.3. The fraction of sp³-hybridized carbons (Fsp3) is 0.594. The van der Waals surface area contributed by atoms with Gasteiger partial charge in [-0.2, -0.15) is 0 Å². The van der Waals surface area contributed by atoms with E-state index in [0.29, 0.717) is 18.1 Å². The van der Waals surface area contributed by atoms with Crippen molar-refractivity contribution in [2.45, 2.75) is 79.1 Å². The molecule has 2 aromatic carbocycles. The minimum atomic E-state index is -0.0662. The van der Waals surface area contributed by atoms with Gasteiger partial charge in [-0.25, -0.2) is 0 Å². The first-order valence-electron chi connectivity index (χ1n) is 14.3. The summed E-state index contributed by atoms with van der Waals surface area (Å²) in [7, 11) is 1.67. The lowest BCUT2D eigenvalue weighted by Crippen LogP contribution is -2.39. The van der Waals surface area contributed by atoms with Crippen LogP contribution in [0.15, 0.2) is 36.4 Å². The zero-order chi connectivity index (χ0) is 26.9. The van der Waals surface area contributed by atoms with Gasteiger partial charge in [0, 0.05) is 36.6 Å². The van der Waals surface area contributed by atoms with Gasteiger partial charge in [0.25, 0.3) is 5.91 Å². The maximum absolute atomic E-state index is 12.3. The zero-order valence-corrected chi connectivity index (χ0v) is 24.5. The van der Waals surface area contributed by atoms with Gasteiger partial charge in [0.2, 0.25) is 0 Å². The van der Waals surface area contributed by atoms with Gasteiger partial charge in [-0.15, -0.1) is 0 Å².